The quantitative estimate of drug-likeness (QED) is 0.379. The molecule has 0 aliphatic heterocycles. The number of rotatable bonds is 7. The van der Waals surface area contributed by atoms with Crippen LogP contribution in [0.4, 0.5) is 5.69 Å². The molecule has 0 aliphatic carbocycles. The average molecular weight is 492 g/mol. The van der Waals surface area contributed by atoms with E-state index in [1.54, 1.807) is 24.3 Å². The van der Waals surface area contributed by atoms with E-state index in [2.05, 4.69) is 5.32 Å². The third-order valence-corrected chi connectivity index (χ3v) is 5.74. The molecule has 4 aromatic rings. The number of hydrogen-bond acceptors (Lipinski definition) is 6. The lowest BCUT2D eigenvalue weighted by molar-refractivity contribution is 0.0996. The molecule has 4 rings (SSSR count). The van der Waals surface area contributed by atoms with E-state index < -0.39 is 11.8 Å². The molecule has 3 N–H and O–H groups in total. The minimum Gasteiger partial charge on any atom is -0.493 e. The van der Waals surface area contributed by atoms with E-state index >= 15 is 0 Å². The number of benzene rings is 3. The number of nitrogens with two attached hydrogens (primary N) is 1. The zero-order valence-corrected chi connectivity index (χ0v) is 20.0. The van der Waals surface area contributed by atoms with Gasteiger partial charge < -0.3 is 25.3 Å². The van der Waals surface area contributed by atoms with E-state index in [-0.39, 0.29) is 10.6 Å². The van der Waals surface area contributed by atoms with Gasteiger partial charge in [-0.25, -0.2) is 4.98 Å². The lowest BCUT2D eigenvalue weighted by Gasteiger charge is -2.15. The van der Waals surface area contributed by atoms with E-state index in [1.807, 2.05) is 24.3 Å². The molecule has 1 heterocycles. The monoisotopic (exact) mass is 491 g/mol. The predicted molar refractivity (Wildman–Crippen MR) is 135 cm³/mol. The number of carbonyl (C=O) groups is 2. The van der Waals surface area contributed by atoms with Crippen molar-refractivity contribution < 1.29 is 23.8 Å². The van der Waals surface area contributed by atoms with Crippen LogP contribution in [0.3, 0.4) is 0 Å². The molecule has 2 amide bonds. The maximum absolute atomic E-state index is 13.4. The highest BCUT2D eigenvalue weighted by Gasteiger charge is 2.19. The first kappa shape index (κ1) is 23.8. The third kappa shape index (κ3) is 4.69. The van der Waals surface area contributed by atoms with Crippen LogP contribution in [0.25, 0.3) is 22.2 Å². The Morgan fingerprint density at radius 1 is 0.886 bits per heavy atom. The number of carbonyl (C=O) groups excluding carboxylic acids is 2. The summed E-state index contributed by atoms with van der Waals surface area (Å²) in [7, 11) is 4.58. The Morgan fingerprint density at radius 3 is 2.20 bits per heavy atom. The van der Waals surface area contributed by atoms with Crippen LogP contribution in [0.2, 0.25) is 5.02 Å². The summed E-state index contributed by atoms with van der Waals surface area (Å²) in [4.78, 5) is 29.8. The van der Waals surface area contributed by atoms with Crippen LogP contribution < -0.4 is 25.3 Å². The number of fused-ring (bicyclic) bond motifs is 1. The number of pyridine rings is 1. The number of aromatic nitrogens is 1. The number of nitrogens with zero attached hydrogens (tertiary/aromatic N) is 1. The molecule has 0 atom stereocenters. The molecule has 0 spiro atoms. The fraction of sp³-hybridized carbons (Fsp3) is 0.115. The Hall–Kier alpha value is -4.30. The van der Waals surface area contributed by atoms with Crippen LogP contribution in [-0.2, 0) is 0 Å². The van der Waals surface area contributed by atoms with E-state index in [0.717, 1.165) is 0 Å². The molecule has 0 aliphatic rings. The molecular weight excluding hydrogens is 470 g/mol. The summed E-state index contributed by atoms with van der Waals surface area (Å²) in [5.41, 5.74) is 8.07. The topological polar surface area (TPSA) is 113 Å². The maximum atomic E-state index is 13.4. The second-order valence-electron chi connectivity index (χ2n) is 7.50. The molecule has 0 radical (unpaired) electrons. The molecule has 0 saturated heterocycles. The number of hydrogen-bond donors (Lipinski definition) is 2. The van der Waals surface area contributed by atoms with E-state index in [1.165, 1.54) is 33.5 Å². The molecule has 3 aromatic carbocycles. The largest absolute Gasteiger partial charge is 0.493 e. The lowest BCUT2D eigenvalue weighted by Crippen LogP contribution is -2.15. The first-order valence-electron chi connectivity index (χ1n) is 10.5. The summed E-state index contributed by atoms with van der Waals surface area (Å²) < 4.78 is 16.3. The van der Waals surface area contributed by atoms with Crippen molar-refractivity contribution in [3.63, 3.8) is 0 Å². The van der Waals surface area contributed by atoms with Gasteiger partial charge in [0, 0.05) is 16.6 Å². The Labute approximate surface area is 206 Å². The first-order valence-corrected chi connectivity index (χ1v) is 10.8. The van der Waals surface area contributed by atoms with Gasteiger partial charge in [0.15, 0.2) is 11.5 Å². The molecule has 9 heteroatoms. The number of ether oxygens (including phenoxy) is 3. The summed E-state index contributed by atoms with van der Waals surface area (Å²) >= 11 is 6.03. The van der Waals surface area contributed by atoms with Crippen LogP contribution >= 0.6 is 11.6 Å². The van der Waals surface area contributed by atoms with Crippen LogP contribution in [0.5, 0.6) is 17.2 Å². The summed E-state index contributed by atoms with van der Waals surface area (Å²) in [6.07, 6.45) is 0. The van der Waals surface area contributed by atoms with Gasteiger partial charge in [0.05, 0.1) is 48.7 Å². The van der Waals surface area contributed by atoms with E-state index in [4.69, 9.17) is 36.5 Å². The van der Waals surface area contributed by atoms with Crippen molar-refractivity contribution in [3.05, 3.63) is 76.8 Å². The van der Waals surface area contributed by atoms with Crippen molar-refractivity contribution in [1.29, 1.82) is 0 Å². The van der Waals surface area contributed by atoms with Crippen molar-refractivity contribution in [3.8, 4) is 28.5 Å². The molecule has 0 bridgehead atoms. The highest BCUT2D eigenvalue weighted by molar-refractivity contribution is 6.34. The Bertz CT molecular complexity index is 1430. The number of para-hydroxylation sites is 1. The number of nitrogens with one attached hydrogen (secondary N) is 1. The van der Waals surface area contributed by atoms with Gasteiger partial charge in [-0.15, -0.1) is 0 Å². The van der Waals surface area contributed by atoms with Gasteiger partial charge in [-0.3, -0.25) is 9.59 Å². The molecule has 0 saturated carbocycles. The summed E-state index contributed by atoms with van der Waals surface area (Å²) in [6.45, 7) is 0. The number of anilines is 1. The fourth-order valence-electron chi connectivity index (χ4n) is 3.73. The van der Waals surface area contributed by atoms with Gasteiger partial charge >= 0.3 is 0 Å². The summed E-state index contributed by atoms with van der Waals surface area (Å²) in [5.74, 6) is 0.289. The number of halogens is 1. The molecule has 178 valence electrons. The highest BCUT2D eigenvalue weighted by atomic mass is 35.5. The molecule has 1 aromatic heterocycles. The number of amides is 2. The van der Waals surface area contributed by atoms with Gasteiger partial charge in [0.2, 0.25) is 11.7 Å². The zero-order valence-electron chi connectivity index (χ0n) is 19.2. The van der Waals surface area contributed by atoms with Crippen LogP contribution in [0.15, 0.2) is 60.7 Å². The minimum absolute atomic E-state index is 0.113. The minimum atomic E-state index is -0.690. The van der Waals surface area contributed by atoms with Crippen molar-refractivity contribution in [2.24, 2.45) is 5.73 Å². The maximum Gasteiger partial charge on any atom is 0.256 e. The average Bonchev–Trinajstić information content (AvgIpc) is 2.87. The standard InChI is InChI=1S/C26H22ClN3O5/c1-33-22-10-14(11-23(34-2)24(22)35-3)21-13-17(16-6-4-5-7-20(16)30-21)26(32)29-15-8-9-19(27)18(12-15)25(28)31/h4-13H,1-3H3,(H2,28,31)(H,29,32). The zero-order chi connectivity index (χ0) is 25.1. The Kier molecular flexibility index (Phi) is 6.75. The first-order chi connectivity index (χ1) is 16.9. The van der Waals surface area contributed by atoms with Crippen LogP contribution in [-0.4, -0.2) is 38.1 Å². The van der Waals surface area contributed by atoms with Gasteiger partial charge in [-0.05, 0) is 42.5 Å². The molecule has 35 heavy (non-hydrogen) atoms. The summed E-state index contributed by atoms with van der Waals surface area (Å²) in [6, 6.07) is 17.0. The van der Waals surface area contributed by atoms with Crippen LogP contribution in [0, 0.1) is 0 Å². The summed E-state index contributed by atoms with van der Waals surface area (Å²) in [5, 5.41) is 3.67. The Morgan fingerprint density at radius 2 is 1.57 bits per heavy atom. The SMILES string of the molecule is COc1cc(-c2cc(C(=O)Nc3ccc(Cl)c(C(N)=O)c3)c3ccccc3n2)cc(OC)c1OC. The Balaban J connectivity index is 1.83. The van der Waals surface area contributed by atoms with Gasteiger partial charge in [-0.1, -0.05) is 29.8 Å². The van der Waals surface area contributed by atoms with Crippen molar-refractivity contribution in [2.45, 2.75) is 0 Å². The number of primary amides is 1. The smallest absolute Gasteiger partial charge is 0.256 e. The lowest BCUT2D eigenvalue weighted by atomic mass is 10.0. The molecule has 8 nitrogen and oxygen atoms in total. The van der Waals surface area contributed by atoms with Gasteiger partial charge in [-0.2, -0.15) is 0 Å². The van der Waals surface area contributed by atoms with Crippen molar-refractivity contribution >= 4 is 40.0 Å². The van der Waals surface area contributed by atoms with Crippen LogP contribution in [0.1, 0.15) is 20.7 Å². The van der Waals surface area contributed by atoms with Crippen molar-refractivity contribution in [2.75, 3.05) is 26.6 Å². The molecule has 0 fully saturated rings. The van der Waals surface area contributed by atoms with Crippen molar-refractivity contribution in [1.82, 2.24) is 4.98 Å². The molecular formula is C26H22ClN3O5. The fourth-order valence-corrected chi connectivity index (χ4v) is 3.94. The van der Waals surface area contributed by atoms with E-state index in [9.17, 15) is 9.59 Å². The van der Waals surface area contributed by atoms with E-state index in [0.29, 0.717) is 50.7 Å². The predicted octanol–water partition coefficient (Wildman–Crippen LogP) is 4.93. The second-order valence-corrected chi connectivity index (χ2v) is 7.91. The second kappa shape index (κ2) is 9.90. The molecule has 0 unspecified atom stereocenters. The number of methoxy groups -OCH3 is 3. The highest BCUT2D eigenvalue weighted by Crippen LogP contribution is 2.41. The third-order valence-electron chi connectivity index (χ3n) is 5.41. The van der Waals surface area contributed by atoms with Gasteiger partial charge in [0.25, 0.3) is 5.91 Å². The normalized spacial score (nSPS) is 10.6. The van der Waals surface area contributed by atoms with Gasteiger partial charge in [0.1, 0.15) is 0 Å².